The van der Waals surface area contributed by atoms with Crippen molar-refractivity contribution in [3.05, 3.63) is 60.2 Å². The molecule has 1 heterocycles. The number of ether oxygens (including phenoxy) is 1. The Morgan fingerprint density at radius 3 is 2.59 bits per heavy atom. The molecular weight excluding hydrogens is 366 g/mol. The van der Waals surface area contributed by atoms with Gasteiger partial charge in [0, 0.05) is 18.3 Å². The van der Waals surface area contributed by atoms with Gasteiger partial charge < -0.3 is 15.4 Å². The van der Waals surface area contributed by atoms with Crippen LogP contribution in [-0.4, -0.2) is 48.6 Å². The smallest absolute Gasteiger partial charge is 0.257 e. The van der Waals surface area contributed by atoms with E-state index in [1.807, 2.05) is 36.4 Å². The van der Waals surface area contributed by atoms with Crippen molar-refractivity contribution < 1.29 is 14.3 Å². The molecule has 4 rings (SSSR count). The first-order valence-corrected chi connectivity index (χ1v) is 10.3. The number of nitrogens with zero attached hydrogens (tertiary/aromatic N) is 1. The number of benzene rings is 2. The summed E-state index contributed by atoms with van der Waals surface area (Å²) in [7, 11) is 0. The van der Waals surface area contributed by atoms with Gasteiger partial charge in [-0.05, 0) is 37.1 Å². The minimum atomic E-state index is -0.245. The van der Waals surface area contributed by atoms with Gasteiger partial charge in [0.15, 0.2) is 0 Å². The molecule has 152 valence electrons. The van der Waals surface area contributed by atoms with Crippen LogP contribution >= 0.6 is 0 Å². The molecule has 1 saturated heterocycles. The summed E-state index contributed by atoms with van der Waals surface area (Å²) < 4.78 is 5.89. The molecule has 1 aliphatic heterocycles. The Bertz CT molecular complexity index is 853. The number of rotatable bonds is 5. The average Bonchev–Trinajstić information content (AvgIpc) is 2.75. The van der Waals surface area contributed by atoms with E-state index in [0.29, 0.717) is 30.4 Å². The highest BCUT2D eigenvalue weighted by Gasteiger charge is 2.34. The van der Waals surface area contributed by atoms with E-state index < -0.39 is 0 Å². The van der Waals surface area contributed by atoms with Crippen LogP contribution in [0, 0.1) is 0 Å². The number of morpholine rings is 1. The molecule has 1 saturated carbocycles. The zero-order chi connectivity index (χ0) is 20.1. The van der Waals surface area contributed by atoms with Crippen LogP contribution in [-0.2, 0) is 9.53 Å². The number of carbonyl (C=O) groups excluding carboxylic acids is 2. The van der Waals surface area contributed by atoms with Crippen LogP contribution in [0.15, 0.2) is 54.6 Å². The first kappa shape index (κ1) is 19.6. The fourth-order valence-electron chi connectivity index (χ4n) is 4.26. The molecule has 2 aromatic carbocycles. The summed E-state index contributed by atoms with van der Waals surface area (Å²) in [6, 6.07) is 16.7. The van der Waals surface area contributed by atoms with E-state index in [2.05, 4.69) is 15.5 Å². The lowest BCUT2D eigenvalue weighted by Crippen LogP contribution is -2.54. The number of amides is 2. The summed E-state index contributed by atoms with van der Waals surface area (Å²) in [5, 5.41) is 5.81. The monoisotopic (exact) mass is 393 g/mol. The summed E-state index contributed by atoms with van der Waals surface area (Å²) in [4.78, 5) is 27.7. The van der Waals surface area contributed by atoms with Gasteiger partial charge in [0.05, 0.1) is 30.5 Å². The van der Waals surface area contributed by atoms with Crippen LogP contribution in [0.25, 0.3) is 0 Å². The number of hydrogen-bond acceptors (Lipinski definition) is 4. The van der Waals surface area contributed by atoms with Crippen molar-refractivity contribution in [2.75, 3.05) is 30.3 Å². The first-order valence-electron chi connectivity index (χ1n) is 10.3. The van der Waals surface area contributed by atoms with Crippen molar-refractivity contribution in [2.24, 2.45) is 0 Å². The molecule has 2 aromatic rings. The lowest BCUT2D eigenvalue weighted by molar-refractivity contribution is -0.124. The molecular formula is C23H27N3O3. The fourth-order valence-corrected chi connectivity index (χ4v) is 4.26. The molecule has 2 aliphatic rings. The molecule has 29 heavy (non-hydrogen) atoms. The Balaban J connectivity index is 1.41. The quantitative estimate of drug-likeness (QED) is 0.815. The molecule has 2 amide bonds. The average molecular weight is 393 g/mol. The van der Waals surface area contributed by atoms with Gasteiger partial charge in [0.25, 0.3) is 5.91 Å². The van der Waals surface area contributed by atoms with E-state index in [4.69, 9.17) is 4.74 Å². The SMILES string of the molecule is O=C(CN1CCOC2CCCCC21)Nc1ccccc1C(=O)Nc1ccccc1. The predicted octanol–water partition coefficient (Wildman–Crippen LogP) is 3.52. The van der Waals surface area contributed by atoms with Crippen LogP contribution in [0.5, 0.6) is 0 Å². The van der Waals surface area contributed by atoms with E-state index in [1.165, 1.54) is 12.8 Å². The Morgan fingerprint density at radius 1 is 0.966 bits per heavy atom. The summed E-state index contributed by atoms with van der Waals surface area (Å²) in [6.07, 6.45) is 4.78. The van der Waals surface area contributed by atoms with Gasteiger partial charge in [-0.1, -0.05) is 43.2 Å². The molecule has 2 unspecified atom stereocenters. The second-order valence-corrected chi connectivity index (χ2v) is 7.65. The Labute approximate surface area is 171 Å². The molecule has 6 nitrogen and oxygen atoms in total. The van der Waals surface area contributed by atoms with Gasteiger partial charge in [0.1, 0.15) is 0 Å². The molecule has 0 aromatic heterocycles. The summed E-state index contributed by atoms with van der Waals surface area (Å²) in [5.74, 6) is -0.345. The van der Waals surface area contributed by atoms with E-state index in [1.54, 1.807) is 18.2 Å². The third-order valence-corrected chi connectivity index (χ3v) is 5.67. The van der Waals surface area contributed by atoms with Crippen LogP contribution < -0.4 is 10.6 Å². The second-order valence-electron chi connectivity index (χ2n) is 7.65. The molecule has 0 radical (unpaired) electrons. The number of anilines is 2. The number of nitrogens with one attached hydrogen (secondary N) is 2. The predicted molar refractivity (Wildman–Crippen MR) is 113 cm³/mol. The zero-order valence-electron chi connectivity index (χ0n) is 16.5. The Morgan fingerprint density at radius 2 is 1.72 bits per heavy atom. The van der Waals surface area contributed by atoms with E-state index in [0.717, 1.165) is 25.1 Å². The molecule has 6 heteroatoms. The number of hydrogen-bond donors (Lipinski definition) is 2. The highest BCUT2D eigenvalue weighted by molar-refractivity contribution is 6.10. The number of para-hydroxylation sites is 2. The van der Waals surface area contributed by atoms with Gasteiger partial charge in [0.2, 0.25) is 5.91 Å². The van der Waals surface area contributed by atoms with Crippen molar-refractivity contribution in [1.82, 2.24) is 4.90 Å². The molecule has 1 aliphatic carbocycles. The van der Waals surface area contributed by atoms with Crippen LogP contribution in [0.4, 0.5) is 11.4 Å². The van der Waals surface area contributed by atoms with Crippen molar-refractivity contribution >= 4 is 23.2 Å². The highest BCUT2D eigenvalue weighted by atomic mass is 16.5. The van der Waals surface area contributed by atoms with E-state index >= 15 is 0 Å². The number of fused-ring (bicyclic) bond motifs is 1. The minimum absolute atomic E-state index is 0.101. The summed E-state index contributed by atoms with van der Waals surface area (Å²) in [5.41, 5.74) is 1.69. The van der Waals surface area contributed by atoms with Gasteiger partial charge in [-0.3, -0.25) is 14.5 Å². The molecule has 2 N–H and O–H groups in total. The maximum absolute atomic E-state index is 12.8. The van der Waals surface area contributed by atoms with Gasteiger partial charge >= 0.3 is 0 Å². The van der Waals surface area contributed by atoms with Gasteiger partial charge in [-0.2, -0.15) is 0 Å². The number of carbonyl (C=O) groups is 2. The van der Waals surface area contributed by atoms with E-state index in [-0.39, 0.29) is 17.9 Å². The maximum Gasteiger partial charge on any atom is 0.257 e. The molecule has 2 fully saturated rings. The van der Waals surface area contributed by atoms with Gasteiger partial charge in [-0.25, -0.2) is 0 Å². The topological polar surface area (TPSA) is 70.7 Å². The third-order valence-electron chi connectivity index (χ3n) is 5.67. The van der Waals surface area contributed by atoms with Crippen molar-refractivity contribution in [3.63, 3.8) is 0 Å². The lowest BCUT2D eigenvalue weighted by Gasteiger charge is -2.43. The Hall–Kier alpha value is -2.70. The highest BCUT2D eigenvalue weighted by Crippen LogP contribution is 2.28. The Kier molecular flexibility index (Phi) is 6.22. The fraction of sp³-hybridized carbons (Fsp3) is 0.391. The van der Waals surface area contributed by atoms with Gasteiger partial charge in [-0.15, -0.1) is 0 Å². The van der Waals surface area contributed by atoms with E-state index in [9.17, 15) is 9.59 Å². The lowest BCUT2D eigenvalue weighted by atomic mass is 9.90. The summed E-state index contributed by atoms with van der Waals surface area (Å²) in [6.45, 7) is 1.76. The third kappa shape index (κ3) is 4.83. The van der Waals surface area contributed by atoms with Crippen molar-refractivity contribution in [3.8, 4) is 0 Å². The van der Waals surface area contributed by atoms with Crippen molar-refractivity contribution in [2.45, 2.75) is 37.8 Å². The van der Waals surface area contributed by atoms with Crippen LogP contribution in [0.2, 0.25) is 0 Å². The second kappa shape index (κ2) is 9.20. The largest absolute Gasteiger partial charge is 0.375 e. The standard InChI is InChI=1S/C23H27N3O3/c27-22(16-26-14-15-29-21-13-7-6-12-20(21)26)25-19-11-5-4-10-18(19)23(28)24-17-8-2-1-3-9-17/h1-5,8-11,20-21H,6-7,12-16H2,(H,24,28)(H,25,27). The summed E-state index contributed by atoms with van der Waals surface area (Å²) >= 11 is 0. The minimum Gasteiger partial charge on any atom is -0.375 e. The first-order chi connectivity index (χ1) is 14.2. The normalized spacial score (nSPS) is 21.8. The molecule has 0 bridgehead atoms. The zero-order valence-corrected chi connectivity index (χ0v) is 16.5. The maximum atomic E-state index is 12.8. The van der Waals surface area contributed by atoms with Crippen LogP contribution in [0.1, 0.15) is 36.0 Å². The molecule has 2 atom stereocenters. The van der Waals surface area contributed by atoms with Crippen molar-refractivity contribution in [1.29, 1.82) is 0 Å². The molecule has 0 spiro atoms. The van der Waals surface area contributed by atoms with Crippen LogP contribution in [0.3, 0.4) is 0 Å².